The molecule has 3 amide bonds. The van der Waals surface area contributed by atoms with Gasteiger partial charge in [0.15, 0.2) is 5.82 Å². The van der Waals surface area contributed by atoms with Crippen molar-refractivity contribution in [2.24, 2.45) is 7.05 Å². The molecule has 2 aliphatic heterocycles. The van der Waals surface area contributed by atoms with Gasteiger partial charge >= 0.3 is 6.09 Å². The van der Waals surface area contributed by atoms with Gasteiger partial charge in [-0.05, 0) is 51.5 Å². The quantitative estimate of drug-likeness (QED) is 0.717. The van der Waals surface area contributed by atoms with Gasteiger partial charge in [-0.3, -0.25) is 19.6 Å². The zero-order valence-electron chi connectivity index (χ0n) is 18.9. The lowest BCUT2D eigenvalue weighted by molar-refractivity contribution is -0.134. The van der Waals surface area contributed by atoms with Gasteiger partial charge in [0.25, 0.3) is 0 Å². The molecule has 172 valence electrons. The van der Waals surface area contributed by atoms with Crippen molar-refractivity contribution in [2.45, 2.75) is 63.9 Å². The van der Waals surface area contributed by atoms with E-state index in [1.165, 1.54) is 0 Å². The molecule has 1 unspecified atom stereocenters. The van der Waals surface area contributed by atoms with Crippen molar-refractivity contribution in [3.63, 3.8) is 0 Å². The second kappa shape index (κ2) is 8.18. The van der Waals surface area contributed by atoms with Crippen LogP contribution in [0, 0.1) is 5.82 Å². The highest BCUT2D eigenvalue weighted by Crippen LogP contribution is 2.36. The van der Waals surface area contributed by atoms with Crippen LogP contribution in [0.15, 0.2) is 12.1 Å². The fourth-order valence-corrected chi connectivity index (χ4v) is 4.65. The maximum Gasteiger partial charge on any atom is 0.410 e. The number of imide groups is 1. The minimum atomic E-state index is -0.551. The van der Waals surface area contributed by atoms with Crippen molar-refractivity contribution >= 4 is 28.8 Å². The molecular weight excluding hydrogens is 415 g/mol. The molecule has 2 saturated heterocycles. The Balaban J connectivity index is 1.55. The van der Waals surface area contributed by atoms with Gasteiger partial charge in [-0.2, -0.15) is 5.10 Å². The molecule has 0 bridgehead atoms. The fraction of sp³-hybridized carbons (Fsp3) is 0.565. The van der Waals surface area contributed by atoms with E-state index in [2.05, 4.69) is 10.4 Å². The van der Waals surface area contributed by atoms with E-state index in [4.69, 9.17) is 4.74 Å². The summed E-state index contributed by atoms with van der Waals surface area (Å²) in [6, 6.07) is 3.59. The molecule has 1 N–H and O–H groups in total. The Morgan fingerprint density at radius 3 is 2.50 bits per heavy atom. The minimum Gasteiger partial charge on any atom is -0.444 e. The van der Waals surface area contributed by atoms with E-state index < -0.39 is 11.5 Å². The van der Waals surface area contributed by atoms with Crippen LogP contribution in [0.2, 0.25) is 0 Å². The minimum absolute atomic E-state index is 0.0286. The molecule has 8 nitrogen and oxygen atoms in total. The standard InChI is InChI=1S/C23H29FN4O4/c1-23(2,3)32-22(31)28-11-9-13(10-12-28)14-5-6-15-19(18(14)24)26-27(4)20(15)16-7-8-17(29)25-21(16)30/h5-6,13,16H,7-12H2,1-4H3,(H,25,29,30). The van der Waals surface area contributed by atoms with Crippen LogP contribution in [-0.4, -0.2) is 51.3 Å². The molecule has 4 rings (SSSR count). The second-order valence-electron chi connectivity index (χ2n) is 9.62. The lowest BCUT2D eigenvalue weighted by Gasteiger charge is -2.33. The molecule has 2 fully saturated rings. The molecule has 9 heteroatoms. The zero-order valence-corrected chi connectivity index (χ0v) is 18.9. The van der Waals surface area contributed by atoms with Crippen molar-refractivity contribution < 1.29 is 23.5 Å². The molecule has 1 aromatic carbocycles. The van der Waals surface area contributed by atoms with Gasteiger partial charge in [0.05, 0.1) is 11.6 Å². The number of amides is 3. The number of aryl methyl sites for hydroxylation is 1. The first-order chi connectivity index (χ1) is 15.0. The number of hydrogen-bond donors (Lipinski definition) is 1. The van der Waals surface area contributed by atoms with Crippen molar-refractivity contribution in [1.82, 2.24) is 20.0 Å². The molecule has 3 heterocycles. The van der Waals surface area contributed by atoms with Crippen LogP contribution >= 0.6 is 0 Å². The van der Waals surface area contributed by atoms with E-state index in [1.807, 2.05) is 26.8 Å². The Morgan fingerprint density at radius 2 is 1.88 bits per heavy atom. The number of aromatic nitrogens is 2. The third-order valence-electron chi connectivity index (χ3n) is 6.18. The van der Waals surface area contributed by atoms with Crippen LogP contribution < -0.4 is 5.32 Å². The molecule has 0 aliphatic carbocycles. The number of carbonyl (C=O) groups is 3. The SMILES string of the molecule is Cn1nc2c(F)c(C3CCN(C(=O)OC(C)(C)C)CC3)ccc2c1C1CCC(=O)NC1=O. The maximum atomic E-state index is 15.5. The molecule has 0 spiro atoms. The highest BCUT2D eigenvalue weighted by Gasteiger charge is 2.34. The number of nitrogens with zero attached hydrogens (tertiary/aromatic N) is 3. The molecule has 1 atom stereocenters. The first-order valence-electron chi connectivity index (χ1n) is 11.0. The number of ether oxygens (including phenoxy) is 1. The van der Waals surface area contributed by atoms with E-state index in [0.29, 0.717) is 49.0 Å². The fourth-order valence-electron chi connectivity index (χ4n) is 4.65. The maximum absolute atomic E-state index is 15.5. The Bertz CT molecular complexity index is 1080. The summed E-state index contributed by atoms with van der Waals surface area (Å²) < 4.78 is 22.5. The molecule has 32 heavy (non-hydrogen) atoms. The van der Waals surface area contributed by atoms with E-state index >= 15 is 4.39 Å². The highest BCUT2D eigenvalue weighted by molar-refractivity contribution is 6.02. The zero-order chi connectivity index (χ0) is 23.2. The molecular formula is C23H29FN4O4. The predicted molar refractivity (Wildman–Crippen MR) is 116 cm³/mol. The van der Waals surface area contributed by atoms with Gasteiger partial charge in [-0.25, -0.2) is 9.18 Å². The van der Waals surface area contributed by atoms with Crippen LogP contribution in [0.3, 0.4) is 0 Å². The third-order valence-corrected chi connectivity index (χ3v) is 6.18. The van der Waals surface area contributed by atoms with Gasteiger partial charge in [-0.1, -0.05) is 12.1 Å². The van der Waals surface area contributed by atoms with Crippen LogP contribution in [-0.2, 0) is 21.4 Å². The number of hydrogen-bond acceptors (Lipinski definition) is 5. The summed E-state index contributed by atoms with van der Waals surface area (Å²) in [4.78, 5) is 37.8. The van der Waals surface area contributed by atoms with Crippen LogP contribution in [0.25, 0.3) is 10.9 Å². The normalized spacial score (nSPS) is 20.5. The van der Waals surface area contributed by atoms with Crippen molar-refractivity contribution in [3.05, 3.63) is 29.2 Å². The number of likely N-dealkylation sites (tertiary alicyclic amines) is 1. The largest absolute Gasteiger partial charge is 0.444 e. The van der Waals surface area contributed by atoms with Crippen LogP contribution in [0.4, 0.5) is 9.18 Å². The number of halogens is 1. The van der Waals surface area contributed by atoms with E-state index in [9.17, 15) is 14.4 Å². The Labute approximate surface area is 186 Å². The van der Waals surface area contributed by atoms with E-state index in [-0.39, 0.29) is 41.6 Å². The molecule has 2 aliphatic rings. The summed E-state index contributed by atoms with van der Waals surface area (Å²) in [6.07, 6.45) is 1.56. The molecule has 1 aromatic heterocycles. The summed E-state index contributed by atoms with van der Waals surface area (Å²) in [5, 5.41) is 7.32. The van der Waals surface area contributed by atoms with Crippen LogP contribution in [0.5, 0.6) is 0 Å². The number of rotatable bonds is 2. The van der Waals surface area contributed by atoms with E-state index in [1.54, 1.807) is 22.7 Å². The second-order valence-corrected chi connectivity index (χ2v) is 9.62. The van der Waals surface area contributed by atoms with Crippen molar-refractivity contribution in [1.29, 1.82) is 0 Å². The number of benzene rings is 1. The van der Waals surface area contributed by atoms with Gasteiger partial charge in [-0.15, -0.1) is 0 Å². The number of nitrogens with one attached hydrogen (secondary N) is 1. The molecule has 0 saturated carbocycles. The molecule has 2 aromatic rings. The topological polar surface area (TPSA) is 93.5 Å². The van der Waals surface area contributed by atoms with Crippen molar-refractivity contribution in [3.8, 4) is 0 Å². The summed E-state index contributed by atoms with van der Waals surface area (Å²) in [7, 11) is 1.69. The predicted octanol–water partition coefficient (Wildman–Crippen LogP) is 3.35. The first kappa shape index (κ1) is 22.2. The van der Waals surface area contributed by atoms with Crippen LogP contribution in [0.1, 0.15) is 69.5 Å². The summed E-state index contributed by atoms with van der Waals surface area (Å²) in [5.74, 6) is -1.61. The summed E-state index contributed by atoms with van der Waals surface area (Å²) in [5.41, 5.74) is 0.883. The number of fused-ring (bicyclic) bond motifs is 1. The third kappa shape index (κ3) is 4.20. The Kier molecular flexibility index (Phi) is 5.68. The highest BCUT2D eigenvalue weighted by atomic mass is 19.1. The number of carbonyl (C=O) groups excluding carboxylic acids is 3. The lowest BCUT2D eigenvalue weighted by atomic mass is 9.87. The number of piperidine rings is 2. The van der Waals surface area contributed by atoms with Gasteiger partial charge < -0.3 is 9.64 Å². The summed E-state index contributed by atoms with van der Waals surface area (Å²) >= 11 is 0. The lowest BCUT2D eigenvalue weighted by Crippen LogP contribution is -2.41. The van der Waals surface area contributed by atoms with E-state index in [0.717, 1.165) is 0 Å². The average molecular weight is 445 g/mol. The Morgan fingerprint density at radius 1 is 1.19 bits per heavy atom. The average Bonchev–Trinajstić information content (AvgIpc) is 3.04. The Hall–Kier alpha value is -2.97. The van der Waals surface area contributed by atoms with Crippen molar-refractivity contribution in [2.75, 3.05) is 13.1 Å². The van der Waals surface area contributed by atoms with Gasteiger partial charge in [0.2, 0.25) is 11.8 Å². The smallest absolute Gasteiger partial charge is 0.410 e. The first-order valence-corrected chi connectivity index (χ1v) is 11.0. The van der Waals surface area contributed by atoms with Gasteiger partial charge in [0.1, 0.15) is 11.1 Å². The monoisotopic (exact) mass is 444 g/mol. The summed E-state index contributed by atoms with van der Waals surface area (Å²) in [6.45, 7) is 6.50. The molecule has 0 radical (unpaired) electrons. The van der Waals surface area contributed by atoms with Gasteiger partial charge in [0, 0.05) is 31.9 Å².